The van der Waals surface area contributed by atoms with Gasteiger partial charge >= 0.3 is 6.18 Å². The third-order valence-corrected chi connectivity index (χ3v) is 6.34. The molecule has 1 aromatic heterocycles. The summed E-state index contributed by atoms with van der Waals surface area (Å²) in [6.45, 7) is 2.74. The van der Waals surface area contributed by atoms with Gasteiger partial charge in [-0.25, -0.2) is 8.42 Å². The topological polar surface area (TPSA) is 84.4 Å². The second-order valence-corrected chi connectivity index (χ2v) is 8.70. The Bertz CT molecular complexity index is 1180. The van der Waals surface area contributed by atoms with Gasteiger partial charge in [-0.15, -0.1) is 10.2 Å². The standard InChI is InChI=1S/C21H19F3N4O3S/c22-21(23,24)17-3-1-2-4-19(17)32(29,30)27-16-7-5-15(6-8-16)18-9-10-20(26-25-18)28-11-13-31-14-12-28/h1-10,27H,11-14H2. The van der Waals surface area contributed by atoms with E-state index in [0.29, 0.717) is 24.5 Å². The van der Waals surface area contributed by atoms with Crippen molar-refractivity contribution in [1.29, 1.82) is 0 Å². The highest BCUT2D eigenvalue weighted by Gasteiger charge is 2.36. The van der Waals surface area contributed by atoms with E-state index < -0.39 is 26.7 Å². The van der Waals surface area contributed by atoms with Crippen LogP contribution in [0.4, 0.5) is 24.7 Å². The first-order valence-corrected chi connectivity index (χ1v) is 11.2. The van der Waals surface area contributed by atoms with Gasteiger partial charge in [0.25, 0.3) is 10.0 Å². The van der Waals surface area contributed by atoms with Crippen LogP contribution >= 0.6 is 0 Å². The summed E-state index contributed by atoms with van der Waals surface area (Å²) in [5.41, 5.74) is 0.173. The lowest BCUT2D eigenvalue weighted by atomic mass is 10.1. The molecule has 0 amide bonds. The second-order valence-electron chi connectivity index (χ2n) is 7.05. The van der Waals surface area contributed by atoms with Crippen LogP contribution in [0.15, 0.2) is 65.6 Å². The fourth-order valence-electron chi connectivity index (χ4n) is 3.29. The maximum atomic E-state index is 13.2. The average molecular weight is 464 g/mol. The minimum atomic E-state index is -4.79. The fourth-order valence-corrected chi connectivity index (χ4v) is 4.58. The number of sulfonamides is 1. The molecule has 4 rings (SSSR count). The van der Waals surface area contributed by atoms with Crippen molar-refractivity contribution in [3.63, 3.8) is 0 Å². The van der Waals surface area contributed by atoms with E-state index in [0.717, 1.165) is 37.1 Å². The highest BCUT2D eigenvalue weighted by atomic mass is 32.2. The summed E-state index contributed by atoms with van der Waals surface area (Å²) in [5, 5.41) is 8.45. The molecule has 1 fully saturated rings. The zero-order chi connectivity index (χ0) is 22.8. The van der Waals surface area contributed by atoms with E-state index in [4.69, 9.17) is 4.74 Å². The molecule has 1 N–H and O–H groups in total. The number of aromatic nitrogens is 2. The number of alkyl halides is 3. The number of anilines is 2. The maximum Gasteiger partial charge on any atom is 0.417 e. The molecule has 0 saturated carbocycles. The zero-order valence-electron chi connectivity index (χ0n) is 16.7. The lowest BCUT2D eigenvalue weighted by Crippen LogP contribution is -2.36. The molecular weight excluding hydrogens is 445 g/mol. The quantitative estimate of drug-likeness (QED) is 0.619. The van der Waals surface area contributed by atoms with Crippen LogP contribution < -0.4 is 9.62 Å². The van der Waals surface area contributed by atoms with E-state index in [1.807, 2.05) is 6.07 Å². The van der Waals surface area contributed by atoms with Crippen LogP contribution in [0, 0.1) is 0 Å². The third kappa shape index (κ3) is 4.83. The van der Waals surface area contributed by atoms with Gasteiger partial charge < -0.3 is 9.64 Å². The predicted octanol–water partition coefficient (Wildman–Crippen LogP) is 3.80. The summed E-state index contributed by atoms with van der Waals surface area (Å²) in [6.07, 6.45) is -4.79. The monoisotopic (exact) mass is 464 g/mol. The van der Waals surface area contributed by atoms with Gasteiger partial charge in [-0.3, -0.25) is 4.72 Å². The van der Waals surface area contributed by atoms with Gasteiger partial charge in [-0.1, -0.05) is 24.3 Å². The van der Waals surface area contributed by atoms with Gasteiger partial charge in [0.2, 0.25) is 0 Å². The Balaban J connectivity index is 1.51. The molecule has 0 atom stereocenters. The van der Waals surface area contributed by atoms with Crippen LogP contribution in [0.2, 0.25) is 0 Å². The predicted molar refractivity (Wildman–Crippen MR) is 113 cm³/mol. The summed E-state index contributed by atoms with van der Waals surface area (Å²) in [6, 6.07) is 13.8. The molecule has 168 valence electrons. The molecule has 1 saturated heterocycles. The molecular formula is C21H19F3N4O3S. The van der Waals surface area contributed by atoms with Crippen molar-refractivity contribution in [3.8, 4) is 11.3 Å². The van der Waals surface area contributed by atoms with Crippen molar-refractivity contribution >= 4 is 21.5 Å². The lowest BCUT2D eigenvalue weighted by Gasteiger charge is -2.27. The van der Waals surface area contributed by atoms with E-state index in [-0.39, 0.29) is 5.69 Å². The molecule has 11 heteroatoms. The van der Waals surface area contributed by atoms with Crippen LogP contribution in [-0.4, -0.2) is 44.9 Å². The summed E-state index contributed by atoms with van der Waals surface area (Å²) < 4.78 is 72.2. The van der Waals surface area contributed by atoms with Gasteiger partial charge in [-0.2, -0.15) is 13.2 Å². The number of hydrogen-bond donors (Lipinski definition) is 1. The normalized spacial score (nSPS) is 14.9. The van der Waals surface area contributed by atoms with Gasteiger partial charge in [0.15, 0.2) is 5.82 Å². The number of ether oxygens (including phenoxy) is 1. The Morgan fingerprint density at radius 3 is 2.22 bits per heavy atom. The van der Waals surface area contributed by atoms with Crippen molar-refractivity contribution in [2.75, 3.05) is 35.9 Å². The molecule has 3 aromatic rings. The van der Waals surface area contributed by atoms with Crippen LogP contribution in [0.25, 0.3) is 11.3 Å². The first-order valence-electron chi connectivity index (χ1n) is 9.70. The van der Waals surface area contributed by atoms with E-state index in [1.54, 1.807) is 18.2 Å². The zero-order valence-corrected chi connectivity index (χ0v) is 17.5. The number of rotatable bonds is 5. The van der Waals surface area contributed by atoms with Crippen LogP contribution in [0.1, 0.15) is 5.56 Å². The molecule has 2 heterocycles. The number of morpholine rings is 1. The molecule has 0 bridgehead atoms. The number of nitrogens with zero attached hydrogens (tertiary/aromatic N) is 3. The van der Waals surface area contributed by atoms with Gasteiger partial charge in [0.1, 0.15) is 0 Å². The molecule has 1 aliphatic rings. The number of hydrogen-bond acceptors (Lipinski definition) is 6. The first-order chi connectivity index (χ1) is 15.2. The van der Waals surface area contributed by atoms with Crippen molar-refractivity contribution in [3.05, 3.63) is 66.2 Å². The summed E-state index contributed by atoms with van der Waals surface area (Å²) in [4.78, 5) is 1.23. The Morgan fingerprint density at radius 1 is 0.906 bits per heavy atom. The Kier molecular flexibility index (Phi) is 6.02. The van der Waals surface area contributed by atoms with E-state index in [9.17, 15) is 21.6 Å². The van der Waals surface area contributed by atoms with Crippen LogP contribution in [0.5, 0.6) is 0 Å². The number of nitrogens with one attached hydrogen (secondary N) is 1. The minimum Gasteiger partial charge on any atom is -0.378 e. The SMILES string of the molecule is O=S(=O)(Nc1ccc(-c2ccc(N3CCOCC3)nn2)cc1)c1ccccc1C(F)(F)F. The number of halogens is 3. The molecule has 0 unspecified atom stereocenters. The second kappa shape index (κ2) is 8.75. The molecule has 0 aliphatic carbocycles. The molecule has 2 aromatic carbocycles. The molecule has 0 spiro atoms. The Hall–Kier alpha value is -3.18. The molecule has 32 heavy (non-hydrogen) atoms. The van der Waals surface area contributed by atoms with Crippen LogP contribution in [0.3, 0.4) is 0 Å². The van der Waals surface area contributed by atoms with E-state index in [2.05, 4.69) is 19.8 Å². The fraction of sp³-hybridized carbons (Fsp3) is 0.238. The smallest absolute Gasteiger partial charge is 0.378 e. The molecule has 1 aliphatic heterocycles. The summed E-state index contributed by atoms with van der Waals surface area (Å²) in [7, 11) is -4.44. The first kappa shape index (κ1) is 22.0. The van der Waals surface area contributed by atoms with E-state index >= 15 is 0 Å². The van der Waals surface area contributed by atoms with Crippen molar-refractivity contribution in [1.82, 2.24) is 10.2 Å². The highest BCUT2D eigenvalue weighted by molar-refractivity contribution is 7.92. The van der Waals surface area contributed by atoms with Gasteiger partial charge in [-0.05, 0) is 36.4 Å². The lowest BCUT2D eigenvalue weighted by molar-refractivity contribution is -0.139. The Morgan fingerprint density at radius 2 is 1.59 bits per heavy atom. The molecule has 0 radical (unpaired) electrons. The van der Waals surface area contributed by atoms with Crippen LogP contribution in [-0.2, 0) is 20.9 Å². The maximum absolute atomic E-state index is 13.2. The largest absolute Gasteiger partial charge is 0.417 e. The van der Waals surface area contributed by atoms with Gasteiger partial charge in [0, 0.05) is 24.3 Å². The summed E-state index contributed by atoms with van der Waals surface area (Å²) >= 11 is 0. The van der Waals surface area contributed by atoms with Gasteiger partial charge in [0.05, 0.1) is 29.4 Å². The van der Waals surface area contributed by atoms with Crippen molar-refractivity contribution in [2.45, 2.75) is 11.1 Å². The van der Waals surface area contributed by atoms with Crippen molar-refractivity contribution < 1.29 is 26.3 Å². The summed E-state index contributed by atoms with van der Waals surface area (Å²) in [5.74, 6) is 0.741. The molecule has 7 nitrogen and oxygen atoms in total. The average Bonchev–Trinajstić information content (AvgIpc) is 2.80. The van der Waals surface area contributed by atoms with Crippen molar-refractivity contribution in [2.24, 2.45) is 0 Å². The Labute approximate surface area is 182 Å². The highest BCUT2D eigenvalue weighted by Crippen LogP contribution is 2.34. The van der Waals surface area contributed by atoms with E-state index in [1.165, 1.54) is 18.2 Å². The minimum absolute atomic E-state index is 0.128. The third-order valence-electron chi connectivity index (χ3n) is 4.90. The number of benzene rings is 2.